The molecule has 1 aliphatic heterocycles. The molecule has 1 amide bonds. The van der Waals surface area contributed by atoms with Crippen LogP contribution in [0.25, 0.3) is 0 Å². The summed E-state index contributed by atoms with van der Waals surface area (Å²) in [6.07, 6.45) is 4.42. The van der Waals surface area contributed by atoms with Crippen LogP contribution in [0.5, 0.6) is 0 Å². The van der Waals surface area contributed by atoms with Crippen molar-refractivity contribution in [2.75, 3.05) is 6.54 Å². The zero-order chi connectivity index (χ0) is 19.3. The summed E-state index contributed by atoms with van der Waals surface area (Å²) in [5, 5.41) is 7.73. The number of hydrogen-bond donors (Lipinski definition) is 1. The van der Waals surface area contributed by atoms with Gasteiger partial charge in [0.2, 0.25) is 0 Å². The molecule has 27 heavy (non-hydrogen) atoms. The van der Waals surface area contributed by atoms with Gasteiger partial charge in [-0.15, -0.1) is 0 Å². The van der Waals surface area contributed by atoms with Gasteiger partial charge in [-0.2, -0.15) is 5.10 Å². The minimum absolute atomic E-state index is 0.250. The van der Waals surface area contributed by atoms with Crippen molar-refractivity contribution in [2.24, 2.45) is 11.8 Å². The number of carbonyl (C=O) groups excluding carboxylic acids is 1. The molecule has 6 nitrogen and oxygen atoms in total. The smallest absolute Gasteiger partial charge is 0.407 e. The van der Waals surface area contributed by atoms with Crippen molar-refractivity contribution in [3.05, 3.63) is 15.9 Å². The molecule has 7 heteroatoms. The maximum absolute atomic E-state index is 12.2. The number of hydrogen-bond acceptors (Lipinski definition) is 4. The van der Waals surface area contributed by atoms with Gasteiger partial charge < -0.3 is 10.1 Å². The average Bonchev–Trinajstić information content (AvgIpc) is 2.99. The molecule has 150 valence electrons. The van der Waals surface area contributed by atoms with Crippen LogP contribution in [0.1, 0.15) is 57.7 Å². The third-order valence-electron chi connectivity index (χ3n) is 6.41. The van der Waals surface area contributed by atoms with E-state index >= 15 is 0 Å². The Morgan fingerprint density at radius 3 is 2.52 bits per heavy atom. The molecule has 2 unspecified atom stereocenters. The molecule has 3 aliphatic rings. The molecule has 4 rings (SSSR count). The second-order valence-electron chi connectivity index (χ2n) is 9.46. The van der Waals surface area contributed by atoms with Crippen molar-refractivity contribution in [2.45, 2.75) is 84.2 Å². The first-order valence-corrected chi connectivity index (χ1v) is 11.0. The van der Waals surface area contributed by atoms with E-state index in [2.05, 4.69) is 42.9 Å². The van der Waals surface area contributed by atoms with Crippen molar-refractivity contribution < 1.29 is 9.53 Å². The molecule has 2 saturated carbocycles. The molecule has 0 radical (unpaired) electrons. The second-order valence-corrected chi connectivity index (χ2v) is 10.2. The highest BCUT2D eigenvalue weighted by atomic mass is 79.9. The van der Waals surface area contributed by atoms with Crippen LogP contribution in [-0.2, 0) is 17.8 Å². The fourth-order valence-electron chi connectivity index (χ4n) is 5.37. The lowest BCUT2D eigenvalue weighted by Crippen LogP contribution is -2.52. The first kappa shape index (κ1) is 19.2. The topological polar surface area (TPSA) is 59.4 Å². The van der Waals surface area contributed by atoms with Crippen molar-refractivity contribution in [1.82, 2.24) is 20.0 Å². The molecule has 2 atom stereocenters. The lowest BCUT2D eigenvalue weighted by Gasteiger charge is -2.44. The fourth-order valence-corrected chi connectivity index (χ4v) is 5.79. The number of alkyl carbamates (subject to hydrolysis) is 1. The number of aromatic nitrogens is 2. The molecule has 2 aliphatic carbocycles. The molecule has 0 aromatic carbocycles. The van der Waals surface area contributed by atoms with E-state index in [1.54, 1.807) is 0 Å². The number of halogens is 1. The third kappa shape index (κ3) is 3.90. The van der Waals surface area contributed by atoms with Crippen molar-refractivity contribution in [3.63, 3.8) is 0 Å². The minimum Gasteiger partial charge on any atom is -0.444 e. The number of ether oxygens (including phenoxy) is 1. The van der Waals surface area contributed by atoms with Crippen LogP contribution in [0, 0.1) is 18.8 Å². The Kier molecular flexibility index (Phi) is 5.04. The van der Waals surface area contributed by atoms with Crippen LogP contribution in [0.2, 0.25) is 0 Å². The van der Waals surface area contributed by atoms with Crippen LogP contribution >= 0.6 is 15.9 Å². The van der Waals surface area contributed by atoms with Crippen molar-refractivity contribution in [3.8, 4) is 0 Å². The lowest BCUT2D eigenvalue weighted by atomic mass is 9.80. The molecule has 1 N–H and O–H groups in total. The number of fused-ring (bicyclic) bond motifs is 3. The van der Waals surface area contributed by atoms with Gasteiger partial charge in [-0.3, -0.25) is 9.58 Å². The maximum atomic E-state index is 12.2. The van der Waals surface area contributed by atoms with Crippen LogP contribution in [0.3, 0.4) is 0 Å². The molecule has 0 spiro atoms. The SMILES string of the molecule is Cc1c(Br)nn2c1CN(C1C3CCC1CC(NC(=O)OC(C)(C)C)C3)CC2. The predicted molar refractivity (Wildman–Crippen MR) is 107 cm³/mol. The number of nitrogens with zero attached hydrogens (tertiary/aromatic N) is 3. The Hall–Kier alpha value is -1.08. The van der Waals surface area contributed by atoms with E-state index in [0.717, 1.165) is 37.1 Å². The molecule has 1 aromatic rings. The quantitative estimate of drug-likeness (QED) is 0.761. The Bertz CT molecular complexity index is 712. The van der Waals surface area contributed by atoms with Crippen LogP contribution in [0.4, 0.5) is 4.79 Å². The summed E-state index contributed by atoms with van der Waals surface area (Å²) >= 11 is 3.58. The first-order chi connectivity index (χ1) is 12.7. The first-order valence-electron chi connectivity index (χ1n) is 10.2. The third-order valence-corrected chi connectivity index (χ3v) is 7.16. The summed E-state index contributed by atoms with van der Waals surface area (Å²) in [6.45, 7) is 10.9. The van der Waals surface area contributed by atoms with E-state index in [-0.39, 0.29) is 12.1 Å². The highest BCUT2D eigenvalue weighted by Gasteiger charge is 2.46. The lowest BCUT2D eigenvalue weighted by molar-refractivity contribution is 0.0366. The summed E-state index contributed by atoms with van der Waals surface area (Å²) in [5.74, 6) is 1.34. The highest BCUT2D eigenvalue weighted by Crippen LogP contribution is 2.46. The Balaban J connectivity index is 1.40. The second kappa shape index (κ2) is 7.07. The number of rotatable bonds is 2. The molecule has 0 saturated heterocycles. The Morgan fingerprint density at radius 2 is 1.89 bits per heavy atom. The number of carbonyl (C=O) groups is 1. The van der Waals surface area contributed by atoms with Crippen LogP contribution in [0.15, 0.2) is 4.60 Å². The largest absolute Gasteiger partial charge is 0.444 e. The van der Waals surface area contributed by atoms with Gasteiger partial charge in [0.25, 0.3) is 0 Å². The van der Waals surface area contributed by atoms with Crippen molar-refractivity contribution >= 4 is 22.0 Å². The summed E-state index contributed by atoms with van der Waals surface area (Å²) in [5.41, 5.74) is 2.18. The highest BCUT2D eigenvalue weighted by molar-refractivity contribution is 9.10. The van der Waals surface area contributed by atoms with Gasteiger partial charge in [0.1, 0.15) is 10.2 Å². The molecular weight excluding hydrogens is 408 g/mol. The van der Waals surface area contributed by atoms with E-state index in [4.69, 9.17) is 4.74 Å². The van der Waals surface area contributed by atoms with Gasteiger partial charge in [0.05, 0.1) is 12.2 Å². The van der Waals surface area contributed by atoms with E-state index in [0.29, 0.717) is 17.9 Å². The van der Waals surface area contributed by atoms with E-state index in [1.807, 2.05) is 20.8 Å². The maximum Gasteiger partial charge on any atom is 0.407 e. The fraction of sp³-hybridized carbons (Fsp3) is 0.800. The summed E-state index contributed by atoms with van der Waals surface area (Å²) in [4.78, 5) is 14.8. The number of nitrogens with one attached hydrogen (secondary N) is 1. The average molecular weight is 439 g/mol. The number of amides is 1. The normalized spacial score (nSPS) is 30.9. The van der Waals surface area contributed by atoms with Gasteiger partial charge in [-0.05, 0) is 81.1 Å². The van der Waals surface area contributed by atoms with Gasteiger partial charge in [-0.25, -0.2) is 4.79 Å². The minimum atomic E-state index is -0.441. The Morgan fingerprint density at radius 1 is 1.22 bits per heavy atom. The zero-order valence-corrected chi connectivity index (χ0v) is 18.4. The van der Waals surface area contributed by atoms with E-state index < -0.39 is 5.60 Å². The van der Waals surface area contributed by atoms with E-state index in [1.165, 1.54) is 24.1 Å². The molecular formula is C20H31BrN4O2. The standard InChI is InChI=1S/C20H31BrN4O2/c1-12-16-11-24(7-8-25(16)23-18(12)21)17-13-5-6-14(17)10-15(9-13)22-19(26)27-20(2,3)4/h13-15,17H,5-11H2,1-4H3,(H,22,26). The van der Waals surface area contributed by atoms with Gasteiger partial charge in [-0.1, -0.05) is 0 Å². The zero-order valence-electron chi connectivity index (χ0n) is 16.8. The predicted octanol–water partition coefficient (Wildman–Crippen LogP) is 3.85. The summed E-state index contributed by atoms with van der Waals surface area (Å²) < 4.78 is 8.59. The monoisotopic (exact) mass is 438 g/mol. The van der Waals surface area contributed by atoms with Crippen molar-refractivity contribution in [1.29, 1.82) is 0 Å². The molecule has 2 fully saturated rings. The Labute approximate surface area is 170 Å². The summed E-state index contributed by atoms with van der Waals surface area (Å²) in [7, 11) is 0. The van der Waals surface area contributed by atoms with Crippen LogP contribution in [-0.4, -0.2) is 45.0 Å². The molecule has 2 heterocycles. The van der Waals surface area contributed by atoms with Crippen LogP contribution < -0.4 is 5.32 Å². The molecule has 1 aromatic heterocycles. The van der Waals surface area contributed by atoms with Gasteiger partial charge >= 0.3 is 6.09 Å². The molecule has 2 bridgehead atoms. The van der Waals surface area contributed by atoms with Gasteiger partial charge in [0.15, 0.2) is 0 Å². The van der Waals surface area contributed by atoms with E-state index in [9.17, 15) is 4.79 Å². The van der Waals surface area contributed by atoms with Gasteiger partial charge in [0, 0.05) is 30.7 Å². The summed E-state index contributed by atoms with van der Waals surface area (Å²) in [6, 6.07) is 0.892.